The van der Waals surface area contributed by atoms with Gasteiger partial charge in [-0.1, -0.05) is 19.8 Å². The minimum atomic E-state index is -0.238. The Morgan fingerprint density at radius 2 is 2.05 bits per heavy atom. The van der Waals surface area contributed by atoms with E-state index in [2.05, 4.69) is 32.4 Å². The van der Waals surface area contributed by atoms with Crippen LogP contribution in [0.2, 0.25) is 0 Å². The molecule has 2 aromatic rings. The van der Waals surface area contributed by atoms with Crippen LogP contribution in [-0.4, -0.2) is 9.55 Å². The Bertz CT molecular complexity index is 683. The number of benzene rings is 1. The fourth-order valence-corrected chi connectivity index (χ4v) is 3.73. The van der Waals surface area contributed by atoms with E-state index in [0.29, 0.717) is 15.2 Å². The maximum atomic E-state index is 13.8. The van der Waals surface area contributed by atoms with Crippen molar-refractivity contribution in [2.75, 3.05) is 0 Å². The molecule has 1 saturated carbocycles. The zero-order valence-corrected chi connectivity index (χ0v) is 13.9. The number of aromatic amines is 1. The van der Waals surface area contributed by atoms with Crippen molar-refractivity contribution < 1.29 is 4.39 Å². The van der Waals surface area contributed by atoms with Crippen molar-refractivity contribution in [2.24, 2.45) is 11.8 Å². The number of rotatable bonds is 2. The molecule has 0 amide bonds. The first-order valence-corrected chi connectivity index (χ1v) is 8.32. The molecule has 1 fully saturated rings. The fraction of sp³-hybridized carbons (Fsp3) is 0.533. The second-order valence-electron chi connectivity index (χ2n) is 5.95. The van der Waals surface area contributed by atoms with Crippen molar-refractivity contribution in [1.29, 1.82) is 0 Å². The number of H-pyrrole nitrogens is 1. The number of aromatic nitrogens is 2. The highest BCUT2D eigenvalue weighted by molar-refractivity contribution is 9.10. The summed E-state index contributed by atoms with van der Waals surface area (Å²) in [5.74, 6) is 1.26. The van der Waals surface area contributed by atoms with Gasteiger partial charge < -0.3 is 9.55 Å². The number of hydrogen-bond donors (Lipinski definition) is 1. The summed E-state index contributed by atoms with van der Waals surface area (Å²) < 4.78 is 17.0. The van der Waals surface area contributed by atoms with Gasteiger partial charge in [0.2, 0.25) is 0 Å². The maximum absolute atomic E-state index is 13.8. The lowest BCUT2D eigenvalue weighted by Crippen LogP contribution is -2.17. The van der Waals surface area contributed by atoms with Crippen molar-refractivity contribution >= 4 is 39.2 Å². The van der Waals surface area contributed by atoms with Gasteiger partial charge in [0.25, 0.3) is 0 Å². The summed E-state index contributed by atoms with van der Waals surface area (Å²) in [6.07, 6.45) is 5.07. The first-order valence-electron chi connectivity index (χ1n) is 7.12. The van der Waals surface area contributed by atoms with Crippen LogP contribution in [0.25, 0.3) is 11.0 Å². The van der Waals surface area contributed by atoms with Gasteiger partial charge in [0.15, 0.2) is 4.77 Å². The van der Waals surface area contributed by atoms with Crippen LogP contribution < -0.4 is 0 Å². The monoisotopic (exact) mass is 356 g/mol. The second kappa shape index (κ2) is 5.60. The third-order valence-corrected chi connectivity index (χ3v) is 5.32. The lowest BCUT2D eigenvalue weighted by Gasteiger charge is -2.26. The number of nitrogens with one attached hydrogen (secondary N) is 1. The summed E-state index contributed by atoms with van der Waals surface area (Å²) >= 11 is 8.62. The molecule has 0 radical (unpaired) electrons. The molecule has 1 aliphatic rings. The molecule has 0 bridgehead atoms. The molecule has 1 N–H and O–H groups in total. The number of hydrogen-bond acceptors (Lipinski definition) is 1. The van der Waals surface area contributed by atoms with Crippen LogP contribution in [0.3, 0.4) is 0 Å². The van der Waals surface area contributed by atoms with E-state index in [1.165, 1.54) is 25.7 Å². The Kier molecular flexibility index (Phi) is 4.00. The average Bonchev–Trinajstić information content (AvgIpc) is 2.69. The zero-order chi connectivity index (χ0) is 14.3. The first-order chi connectivity index (χ1) is 9.54. The van der Waals surface area contributed by atoms with Crippen LogP contribution in [0.5, 0.6) is 0 Å². The predicted molar refractivity (Wildman–Crippen MR) is 85.9 cm³/mol. The standard InChI is InChI=1S/C15H18BrFN2S/c1-9-2-4-10(5-3-9)8-19-14-7-12(17)11(16)6-13(14)18-15(19)20/h6-7,9-10H,2-5,8H2,1H3,(H,18,20). The fourth-order valence-electron chi connectivity index (χ4n) is 3.10. The molecule has 2 nitrogen and oxygen atoms in total. The van der Waals surface area contributed by atoms with Gasteiger partial charge in [0, 0.05) is 12.6 Å². The average molecular weight is 357 g/mol. The number of nitrogens with zero attached hydrogens (tertiary/aromatic N) is 1. The quantitative estimate of drug-likeness (QED) is 0.711. The third-order valence-electron chi connectivity index (χ3n) is 4.39. The Morgan fingerprint density at radius 1 is 1.35 bits per heavy atom. The summed E-state index contributed by atoms with van der Waals surface area (Å²) in [6, 6.07) is 3.33. The number of halogens is 2. The van der Waals surface area contributed by atoms with Gasteiger partial charge in [-0.05, 0) is 58.9 Å². The van der Waals surface area contributed by atoms with E-state index in [-0.39, 0.29) is 5.82 Å². The van der Waals surface area contributed by atoms with Crippen molar-refractivity contribution in [3.05, 3.63) is 27.2 Å². The van der Waals surface area contributed by atoms with Gasteiger partial charge >= 0.3 is 0 Å². The maximum Gasteiger partial charge on any atom is 0.178 e. The van der Waals surface area contributed by atoms with E-state index in [4.69, 9.17) is 12.2 Å². The van der Waals surface area contributed by atoms with Crippen molar-refractivity contribution in [3.8, 4) is 0 Å². The summed E-state index contributed by atoms with van der Waals surface area (Å²) in [5.41, 5.74) is 1.77. The third kappa shape index (κ3) is 2.70. The van der Waals surface area contributed by atoms with E-state index in [9.17, 15) is 4.39 Å². The van der Waals surface area contributed by atoms with Gasteiger partial charge in [-0.25, -0.2) is 4.39 Å². The van der Waals surface area contributed by atoms with Crippen LogP contribution in [0.4, 0.5) is 4.39 Å². The molecule has 0 unspecified atom stereocenters. The van der Waals surface area contributed by atoms with Gasteiger partial charge in [0.1, 0.15) is 5.82 Å². The van der Waals surface area contributed by atoms with Crippen molar-refractivity contribution in [2.45, 2.75) is 39.2 Å². The zero-order valence-electron chi connectivity index (χ0n) is 11.5. The molecule has 3 rings (SSSR count). The molecular weight excluding hydrogens is 339 g/mol. The van der Waals surface area contributed by atoms with E-state index in [1.807, 2.05) is 0 Å². The van der Waals surface area contributed by atoms with E-state index < -0.39 is 0 Å². The first kappa shape index (κ1) is 14.3. The Labute approximate surface area is 131 Å². The second-order valence-corrected chi connectivity index (χ2v) is 7.19. The Balaban J connectivity index is 1.93. The van der Waals surface area contributed by atoms with Crippen LogP contribution in [0, 0.1) is 22.4 Å². The summed E-state index contributed by atoms with van der Waals surface area (Å²) in [5, 5.41) is 0. The van der Waals surface area contributed by atoms with Crippen LogP contribution in [0.15, 0.2) is 16.6 Å². The molecule has 1 heterocycles. The highest BCUT2D eigenvalue weighted by atomic mass is 79.9. The molecule has 0 saturated heterocycles. The van der Waals surface area contributed by atoms with Gasteiger partial charge in [-0.15, -0.1) is 0 Å². The van der Waals surface area contributed by atoms with Crippen molar-refractivity contribution in [3.63, 3.8) is 0 Å². The molecule has 20 heavy (non-hydrogen) atoms. The van der Waals surface area contributed by atoms with Crippen LogP contribution in [0.1, 0.15) is 32.6 Å². The number of fused-ring (bicyclic) bond motifs is 1. The summed E-state index contributed by atoms with van der Waals surface area (Å²) in [4.78, 5) is 3.17. The van der Waals surface area contributed by atoms with E-state index in [1.54, 1.807) is 12.1 Å². The lowest BCUT2D eigenvalue weighted by atomic mass is 9.83. The topological polar surface area (TPSA) is 20.7 Å². The normalized spacial score (nSPS) is 23.4. The molecule has 1 aromatic heterocycles. The van der Waals surface area contributed by atoms with Crippen LogP contribution in [-0.2, 0) is 6.54 Å². The van der Waals surface area contributed by atoms with E-state index in [0.717, 1.165) is 23.5 Å². The van der Waals surface area contributed by atoms with Gasteiger partial charge in [0.05, 0.1) is 15.5 Å². The lowest BCUT2D eigenvalue weighted by molar-refractivity contribution is 0.266. The van der Waals surface area contributed by atoms with Crippen LogP contribution >= 0.6 is 28.1 Å². The molecule has 1 aliphatic carbocycles. The number of imidazole rings is 1. The Hall–Kier alpha value is -0.680. The largest absolute Gasteiger partial charge is 0.331 e. The molecular formula is C15H18BrFN2S. The molecule has 108 valence electrons. The minimum absolute atomic E-state index is 0.238. The Morgan fingerprint density at radius 3 is 2.75 bits per heavy atom. The molecule has 0 aliphatic heterocycles. The van der Waals surface area contributed by atoms with E-state index >= 15 is 0 Å². The SMILES string of the molecule is CC1CCC(Cn2c(=S)[nH]c3cc(Br)c(F)cc32)CC1. The molecule has 0 atom stereocenters. The molecule has 5 heteroatoms. The summed E-state index contributed by atoms with van der Waals surface area (Å²) in [6.45, 7) is 3.22. The molecule has 0 spiro atoms. The highest BCUT2D eigenvalue weighted by Gasteiger charge is 2.20. The predicted octanol–water partition coefficient (Wildman–Crippen LogP) is 5.43. The minimum Gasteiger partial charge on any atom is -0.331 e. The van der Waals surface area contributed by atoms with Gasteiger partial charge in [-0.3, -0.25) is 0 Å². The highest BCUT2D eigenvalue weighted by Crippen LogP contribution is 2.31. The summed E-state index contributed by atoms with van der Waals surface area (Å²) in [7, 11) is 0. The van der Waals surface area contributed by atoms with Crippen molar-refractivity contribution in [1.82, 2.24) is 9.55 Å². The smallest absolute Gasteiger partial charge is 0.178 e. The molecule has 1 aromatic carbocycles. The van der Waals surface area contributed by atoms with Gasteiger partial charge in [-0.2, -0.15) is 0 Å².